The molecule has 152 valence electrons. The van der Waals surface area contributed by atoms with Gasteiger partial charge in [-0.15, -0.1) is 10.2 Å². The number of aromatic nitrogens is 3. The third-order valence-electron chi connectivity index (χ3n) is 5.19. The van der Waals surface area contributed by atoms with Gasteiger partial charge in [0.2, 0.25) is 5.91 Å². The molecule has 1 aliphatic rings. The zero-order valence-electron chi connectivity index (χ0n) is 17.4. The quantitative estimate of drug-likeness (QED) is 0.685. The van der Waals surface area contributed by atoms with E-state index >= 15 is 0 Å². The first kappa shape index (κ1) is 20.7. The fourth-order valence-corrected chi connectivity index (χ4v) is 4.99. The first-order valence-corrected chi connectivity index (χ1v) is 10.8. The molecule has 7 heteroatoms. The van der Waals surface area contributed by atoms with Gasteiger partial charge in [0.1, 0.15) is 5.75 Å². The van der Waals surface area contributed by atoms with E-state index in [1.807, 2.05) is 40.7 Å². The van der Waals surface area contributed by atoms with Crippen LogP contribution in [0.4, 0.5) is 0 Å². The highest BCUT2D eigenvalue weighted by atomic mass is 32.2. The lowest BCUT2D eigenvalue weighted by molar-refractivity contribution is -0.132. The normalized spacial score (nSPS) is 20.8. The van der Waals surface area contributed by atoms with Crippen molar-refractivity contribution >= 4 is 17.7 Å². The Morgan fingerprint density at radius 2 is 1.93 bits per heavy atom. The van der Waals surface area contributed by atoms with Crippen LogP contribution in [0.15, 0.2) is 29.4 Å². The number of hydrogen-bond donors (Lipinski definition) is 0. The van der Waals surface area contributed by atoms with E-state index in [2.05, 4.69) is 31.0 Å². The summed E-state index contributed by atoms with van der Waals surface area (Å²) in [4.78, 5) is 15.0. The zero-order valence-corrected chi connectivity index (χ0v) is 18.2. The molecule has 1 aromatic carbocycles. The molecule has 0 bridgehead atoms. The maximum atomic E-state index is 13.0. The number of hydrogen-bond acceptors (Lipinski definition) is 5. The highest BCUT2D eigenvalue weighted by Crippen LogP contribution is 2.32. The number of benzene rings is 1. The lowest BCUT2D eigenvalue weighted by atomic mass is 9.92. The Bertz CT molecular complexity index is 812. The van der Waals surface area contributed by atoms with Gasteiger partial charge in [0.05, 0.1) is 17.9 Å². The molecule has 3 rings (SSSR count). The summed E-state index contributed by atoms with van der Waals surface area (Å²) in [6.45, 7) is 10.9. The summed E-state index contributed by atoms with van der Waals surface area (Å²) in [5, 5.41) is 9.36. The Labute approximate surface area is 171 Å². The van der Waals surface area contributed by atoms with Crippen molar-refractivity contribution in [2.24, 2.45) is 11.8 Å². The van der Waals surface area contributed by atoms with Gasteiger partial charge < -0.3 is 14.2 Å². The Morgan fingerprint density at radius 1 is 1.25 bits per heavy atom. The van der Waals surface area contributed by atoms with Gasteiger partial charge in [-0.1, -0.05) is 37.7 Å². The van der Waals surface area contributed by atoms with Crippen molar-refractivity contribution in [3.8, 4) is 17.1 Å². The van der Waals surface area contributed by atoms with Gasteiger partial charge in [-0.25, -0.2) is 0 Å². The molecule has 3 unspecified atom stereocenters. The van der Waals surface area contributed by atoms with Crippen LogP contribution < -0.4 is 4.74 Å². The molecular formula is C21H30N4O2S. The Morgan fingerprint density at radius 3 is 2.57 bits per heavy atom. The van der Waals surface area contributed by atoms with E-state index in [0.717, 1.165) is 41.9 Å². The minimum Gasteiger partial charge on any atom is -0.496 e. The topological polar surface area (TPSA) is 60.2 Å². The molecule has 6 nitrogen and oxygen atoms in total. The van der Waals surface area contributed by atoms with Crippen molar-refractivity contribution in [3.05, 3.63) is 24.3 Å². The molecule has 0 spiro atoms. The van der Waals surface area contributed by atoms with Gasteiger partial charge in [-0.05, 0) is 44.2 Å². The second-order valence-electron chi connectivity index (χ2n) is 7.70. The molecule has 3 atom stereocenters. The highest BCUT2D eigenvalue weighted by molar-refractivity contribution is 8.00. The van der Waals surface area contributed by atoms with Crippen LogP contribution >= 0.6 is 11.8 Å². The summed E-state index contributed by atoms with van der Waals surface area (Å²) in [6.07, 6.45) is 1.19. The maximum Gasteiger partial charge on any atom is 0.235 e. The summed E-state index contributed by atoms with van der Waals surface area (Å²) >= 11 is 1.49. The van der Waals surface area contributed by atoms with Crippen molar-refractivity contribution in [3.63, 3.8) is 0 Å². The van der Waals surface area contributed by atoms with Gasteiger partial charge >= 0.3 is 0 Å². The maximum absolute atomic E-state index is 13.0. The Balaban J connectivity index is 1.79. The molecule has 1 aliphatic heterocycles. The van der Waals surface area contributed by atoms with E-state index in [1.54, 1.807) is 7.11 Å². The van der Waals surface area contributed by atoms with Crippen LogP contribution in [-0.2, 0) is 11.3 Å². The van der Waals surface area contributed by atoms with Crippen LogP contribution in [0.2, 0.25) is 0 Å². The van der Waals surface area contributed by atoms with Crippen LogP contribution in [0.25, 0.3) is 11.4 Å². The number of carbonyl (C=O) groups excluding carboxylic acids is 1. The van der Waals surface area contributed by atoms with Crippen LogP contribution in [-0.4, -0.2) is 51.0 Å². The number of carbonyl (C=O) groups is 1. The summed E-state index contributed by atoms with van der Waals surface area (Å²) in [7, 11) is 1.66. The average Bonchev–Trinajstić information content (AvgIpc) is 3.08. The smallest absolute Gasteiger partial charge is 0.235 e. The van der Waals surface area contributed by atoms with Gasteiger partial charge in [0.25, 0.3) is 0 Å². The molecule has 0 radical (unpaired) electrons. The Hall–Kier alpha value is -2.02. The van der Waals surface area contributed by atoms with Crippen LogP contribution in [0.3, 0.4) is 0 Å². The number of ether oxygens (including phenoxy) is 1. The summed E-state index contributed by atoms with van der Waals surface area (Å²) in [5.41, 5.74) is 0.906. The number of nitrogens with zero attached hydrogens (tertiary/aromatic N) is 4. The van der Waals surface area contributed by atoms with E-state index in [1.165, 1.54) is 18.2 Å². The summed E-state index contributed by atoms with van der Waals surface area (Å²) in [6, 6.07) is 7.80. The van der Waals surface area contributed by atoms with Crippen LogP contribution in [0.1, 0.15) is 34.1 Å². The molecule has 28 heavy (non-hydrogen) atoms. The average molecular weight is 403 g/mol. The predicted octanol–water partition coefficient (Wildman–Crippen LogP) is 3.96. The van der Waals surface area contributed by atoms with E-state index in [-0.39, 0.29) is 11.2 Å². The molecule has 0 saturated carbocycles. The number of piperidine rings is 1. The highest BCUT2D eigenvalue weighted by Gasteiger charge is 2.30. The molecule has 0 aliphatic carbocycles. The molecule has 1 aromatic heterocycles. The summed E-state index contributed by atoms with van der Waals surface area (Å²) in [5.74, 6) is 2.83. The molecule has 0 N–H and O–H groups in total. The third kappa shape index (κ3) is 4.35. The van der Waals surface area contributed by atoms with Gasteiger partial charge in [-0.2, -0.15) is 0 Å². The van der Waals surface area contributed by atoms with Gasteiger partial charge in [-0.3, -0.25) is 4.79 Å². The first-order valence-electron chi connectivity index (χ1n) is 9.96. The van der Waals surface area contributed by atoms with Crippen molar-refractivity contribution in [1.82, 2.24) is 19.7 Å². The largest absolute Gasteiger partial charge is 0.496 e. The van der Waals surface area contributed by atoms with Crippen molar-refractivity contribution in [2.45, 2.75) is 51.1 Å². The third-order valence-corrected chi connectivity index (χ3v) is 6.26. The lowest BCUT2D eigenvalue weighted by Crippen LogP contribution is -2.45. The van der Waals surface area contributed by atoms with Crippen molar-refractivity contribution in [1.29, 1.82) is 0 Å². The van der Waals surface area contributed by atoms with E-state index in [0.29, 0.717) is 11.8 Å². The number of para-hydroxylation sites is 1. The number of likely N-dealkylation sites (tertiary alicyclic amines) is 1. The van der Waals surface area contributed by atoms with Gasteiger partial charge in [0, 0.05) is 19.6 Å². The van der Waals surface area contributed by atoms with Gasteiger partial charge in [0.15, 0.2) is 11.0 Å². The second-order valence-corrected chi connectivity index (χ2v) is 9.01. The Kier molecular flexibility index (Phi) is 6.65. The minimum absolute atomic E-state index is 0.188. The van der Waals surface area contributed by atoms with Crippen molar-refractivity contribution < 1.29 is 9.53 Å². The molecule has 1 fully saturated rings. The number of amides is 1. The summed E-state index contributed by atoms with van der Waals surface area (Å²) < 4.78 is 7.53. The molecule has 2 heterocycles. The van der Waals surface area contributed by atoms with E-state index in [9.17, 15) is 4.79 Å². The molecule has 2 aromatic rings. The fourth-order valence-electron chi connectivity index (χ4n) is 4.00. The number of thioether (sulfide) groups is 1. The second kappa shape index (κ2) is 8.99. The first-order chi connectivity index (χ1) is 13.4. The number of rotatable bonds is 6. The van der Waals surface area contributed by atoms with E-state index in [4.69, 9.17) is 4.74 Å². The lowest BCUT2D eigenvalue weighted by Gasteiger charge is -2.36. The minimum atomic E-state index is -0.197. The zero-order chi connectivity index (χ0) is 20.3. The van der Waals surface area contributed by atoms with Crippen LogP contribution in [0.5, 0.6) is 5.75 Å². The SMILES string of the molecule is CCn1c(SC(C)C(=O)N2CC(C)CC(C)C2)nnc1-c1ccccc1OC. The molecule has 1 saturated heterocycles. The number of methoxy groups -OCH3 is 1. The van der Waals surface area contributed by atoms with Crippen LogP contribution in [0, 0.1) is 11.8 Å². The monoisotopic (exact) mass is 402 g/mol. The van der Waals surface area contributed by atoms with Crippen molar-refractivity contribution in [2.75, 3.05) is 20.2 Å². The predicted molar refractivity (Wildman–Crippen MR) is 113 cm³/mol. The van der Waals surface area contributed by atoms with E-state index < -0.39 is 0 Å². The molecule has 1 amide bonds. The standard InChI is InChI=1S/C21H30N4O2S/c1-6-25-19(17-9-7-8-10-18(17)27-5)22-23-21(25)28-16(4)20(26)24-12-14(2)11-15(3)13-24/h7-10,14-16H,6,11-13H2,1-5H3. The fraction of sp³-hybridized carbons (Fsp3) is 0.571. The molecular weight excluding hydrogens is 372 g/mol.